The van der Waals surface area contributed by atoms with Gasteiger partial charge in [0.1, 0.15) is 23.0 Å². The van der Waals surface area contributed by atoms with Gasteiger partial charge in [0.2, 0.25) is 8.32 Å². The molecule has 0 aromatic heterocycles. The number of amides is 1. The molecule has 3 saturated heterocycles. The standard InChI is InChI=1S/C13H21NO3.C11H19NO2.C8H13NO.C4H9F3O3SSi/c1-6-10-7-8-11(9(2)15)14(10)12(16)17-13(3,4)5;1-5-8-6-7-9(12-8)10(13)14-11(2,3)4;1-3-7-4-5-8(9-7)6(2)10;1-12(2,3)10-11(8,9)4(5,6)7/h6,10-11H,1,7-8H2,2-5H3;5,8-9,12H,1,6-7H2,2-4H3;3,7-9H,1,4-5H2,2H3;1-3H3/t10?,11-;8-,9+;7-,8-;/m010./s1. The minimum absolute atomic E-state index is 0.000194. The summed E-state index contributed by atoms with van der Waals surface area (Å²) in [7, 11) is -8.10. The third-order valence-electron chi connectivity index (χ3n) is 7.53. The molecule has 17 heteroatoms. The minimum atomic E-state index is -5.39. The number of hydrogen-bond acceptors (Lipinski definition) is 11. The highest BCUT2D eigenvalue weighted by atomic mass is 32.2. The van der Waals surface area contributed by atoms with Gasteiger partial charge < -0.3 is 18.7 Å². The highest BCUT2D eigenvalue weighted by Gasteiger charge is 2.49. The molecule has 0 aliphatic carbocycles. The van der Waals surface area contributed by atoms with Crippen LogP contribution in [0.15, 0.2) is 38.0 Å². The summed E-state index contributed by atoms with van der Waals surface area (Å²) in [6.07, 6.45) is 10.2. The van der Waals surface area contributed by atoms with Crippen molar-refractivity contribution >= 4 is 42.1 Å². The quantitative estimate of drug-likeness (QED) is 0.116. The van der Waals surface area contributed by atoms with Crippen molar-refractivity contribution < 1.29 is 54.1 Å². The number of nitrogens with one attached hydrogen (secondary N) is 2. The number of ether oxygens (including phenoxy) is 2. The van der Waals surface area contributed by atoms with E-state index in [4.69, 9.17) is 9.47 Å². The number of Topliss-reactive ketones (excluding diaryl/α,β-unsaturated/α-hetero) is 2. The summed E-state index contributed by atoms with van der Waals surface area (Å²) >= 11 is 0. The molecule has 1 unspecified atom stereocenters. The number of rotatable bonds is 8. The van der Waals surface area contributed by atoms with Crippen LogP contribution in [0.25, 0.3) is 0 Å². The number of likely N-dealkylation sites (tertiary alicyclic amines) is 1. The number of nitrogens with zero attached hydrogens (tertiary/aromatic N) is 1. The Hall–Kier alpha value is -2.86. The highest BCUT2D eigenvalue weighted by Crippen LogP contribution is 2.28. The number of carbonyl (C=O) groups excluding carboxylic acids is 4. The maximum absolute atomic E-state index is 12.0. The van der Waals surface area contributed by atoms with Crippen LogP contribution in [0.3, 0.4) is 0 Å². The van der Waals surface area contributed by atoms with Crippen molar-refractivity contribution in [1.29, 1.82) is 0 Å². The number of alkyl halides is 3. The molecule has 6 atom stereocenters. The summed E-state index contributed by atoms with van der Waals surface area (Å²) in [5.41, 5.74) is -6.26. The van der Waals surface area contributed by atoms with Crippen LogP contribution < -0.4 is 10.6 Å². The smallest absolute Gasteiger partial charge is 0.459 e. The van der Waals surface area contributed by atoms with E-state index < -0.39 is 41.2 Å². The second-order valence-electron chi connectivity index (χ2n) is 15.9. The molecule has 0 bridgehead atoms. The Morgan fingerprint density at radius 2 is 1.17 bits per heavy atom. The molecule has 12 nitrogen and oxygen atoms in total. The number of halogens is 3. The number of carbonyl (C=O) groups is 4. The van der Waals surface area contributed by atoms with Crippen LogP contribution >= 0.6 is 0 Å². The van der Waals surface area contributed by atoms with Crippen LogP contribution in [0.4, 0.5) is 18.0 Å². The number of ketones is 2. The Bertz CT molecular complexity index is 1390. The van der Waals surface area contributed by atoms with Gasteiger partial charge in [0, 0.05) is 12.1 Å². The average molecular weight is 798 g/mol. The third-order valence-corrected chi connectivity index (χ3v) is 11.0. The molecule has 0 aromatic carbocycles. The molecule has 3 rings (SSSR count). The largest absolute Gasteiger partial charge is 0.522 e. The number of esters is 1. The highest BCUT2D eigenvalue weighted by molar-refractivity contribution is 7.88. The summed E-state index contributed by atoms with van der Waals surface area (Å²) in [6, 6.07) is 0.0771. The van der Waals surface area contributed by atoms with Gasteiger partial charge in [0.25, 0.3) is 0 Å². The van der Waals surface area contributed by atoms with Crippen molar-refractivity contribution in [2.45, 2.75) is 167 Å². The molecule has 3 aliphatic rings. The van der Waals surface area contributed by atoms with E-state index in [2.05, 4.69) is 34.2 Å². The van der Waals surface area contributed by atoms with Gasteiger partial charge >= 0.3 is 27.7 Å². The van der Waals surface area contributed by atoms with Gasteiger partial charge in [-0.3, -0.25) is 24.6 Å². The Balaban J connectivity index is 0.000000693. The molecule has 0 spiro atoms. The van der Waals surface area contributed by atoms with Crippen LogP contribution in [0, 0.1) is 0 Å². The lowest BCUT2D eigenvalue weighted by molar-refractivity contribution is -0.157. The monoisotopic (exact) mass is 797 g/mol. The van der Waals surface area contributed by atoms with E-state index in [1.165, 1.54) is 31.5 Å². The van der Waals surface area contributed by atoms with E-state index in [0.29, 0.717) is 12.5 Å². The predicted molar refractivity (Wildman–Crippen MR) is 202 cm³/mol. The van der Waals surface area contributed by atoms with E-state index in [1.807, 2.05) is 53.7 Å². The Morgan fingerprint density at radius 1 is 0.717 bits per heavy atom. The lowest BCUT2D eigenvalue weighted by Crippen LogP contribution is -2.46. The molecule has 2 N–H and O–H groups in total. The first kappa shape index (κ1) is 50.1. The van der Waals surface area contributed by atoms with E-state index in [9.17, 15) is 40.8 Å². The minimum Gasteiger partial charge on any atom is -0.459 e. The van der Waals surface area contributed by atoms with E-state index >= 15 is 0 Å². The summed E-state index contributed by atoms with van der Waals surface area (Å²) in [6.45, 7) is 29.3. The molecular formula is C36H62F3N3O9SSi. The molecular weight excluding hydrogens is 736 g/mol. The number of hydrogen-bond donors (Lipinski definition) is 2. The van der Waals surface area contributed by atoms with Gasteiger partial charge in [0.15, 0.2) is 5.78 Å². The first-order chi connectivity index (χ1) is 23.9. The lowest BCUT2D eigenvalue weighted by Gasteiger charge is -2.30. The van der Waals surface area contributed by atoms with Crippen molar-refractivity contribution in [2.24, 2.45) is 0 Å². The van der Waals surface area contributed by atoms with Crippen molar-refractivity contribution in [3.8, 4) is 0 Å². The summed E-state index contributed by atoms with van der Waals surface area (Å²) < 4.78 is 70.3. The Morgan fingerprint density at radius 3 is 1.47 bits per heavy atom. The molecule has 3 heterocycles. The van der Waals surface area contributed by atoms with Gasteiger partial charge in [0.05, 0.1) is 18.1 Å². The summed E-state index contributed by atoms with van der Waals surface area (Å²) in [5, 5.41) is 6.34. The SMILES string of the molecule is C=CC1CC[C@@H](C(C)=O)N1C(=O)OC(C)(C)C.C=C[C@@H]1CC[C@@H](C(=O)OC(C)(C)C)N1.C=C[C@H]1CC[C@@H](C(C)=O)N1.C[Si](C)(C)OS(=O)(=O)C(F)(F)F. The topological polar surface area (TPSA) is 157 Å². The van der Waals surface area contributed by atoms with E-state index in [1.54, 1.807) is 13.0 Å². The first-order valence-electron chi connectivity index (χ1n) is 17.5. The second-order valence-corrected chi connectivity index (χ2v) is 22.2. The van der Waals surface area contributed by atoms with E-state index in [-0.39, 0.29) is 47.7 Å². The molecule has 0 saturated carbocycles. The second kappa shape index (κ2) is 20.7. The normalized spacial score (nSPS) is 24.5. The van der Waals surface area contributed by atoms with Gasteiger partial charge in [-0.25, -0.2) is 4.79 Å². The fourth-order valence-electron chi connectivity index (χ4n) is 5.22. The fourth-order valence-corrected chi connectivity index (χ4v) is 8.23. The van der Waals surface area contributed by atoms with Crippen LogP contribution in [-0.4, -0.2) is 98.2 Å². The zero-order valence-corrected chi connectivity index (χ0v) is 35.0. The van der Waals surface area contributed by atoms with Crippen molar-refractivity contribution in [3.63, 3.8) is 0 Å². The lowest BCUT2D eigenvalue weighted by atomic mass is 10.1. The van der Waals surface area contributed by atoms with Crippen LogP contribution in [0.5, 0.6) is 0 Å². The maximum Gasteiger partial charge on any atom is 0.522 e. The van der Waals surface area contributed by atoms with Crippen molar-refractivity contribution in [1.82, 2.24) is 15.5 Å². The van der Waals surface area contributed by atoms with Gasteiger partial charge in [-0.2, -0.15) is 21.6 Å². The third kappa shape index (κ3) is 19.3. The molecule has 3 aliphatic heterocycles. The van der Waals surface area contributed by atoms with Gasteiger partial charge in [-0.05, 0) is 114 Å². The molecule has 306 valence electrons. The van der Waals surface area contributed by atoms with Crippen molar-refractivity contribution in [3.05, 3.63) is 38.0 Å². The van der Waals surface area contributed by atoms with Crippen LogP contribution in [-0.2, 0) is 37.8 Å². The zero-order valence-electron chi connectivity index (χ0n) is 33.2. The molecule has 0 radical (unpaired) electrons. The summed E-state index contributed by atoms with van der Waals surface area (Å²) in [5.74, 6) is 0.0893. The van der Waals surface area contributed by atoms with Gasteiger partial charge in [-0.1, -0.05) is 18.2 Å². The van der Waals surface area contributed by atoms with Gasteiger partial charge in [-0.15, -0.1) is 19.7 Å². The summed E-state index contributed by atoms with van der Waals surface area (Å²) in [4.78, 5) is 47.5. The van der Waals surface area contributed by atoms with Crippen LogP contribution in [0.1, 0.15) is 93.9 Å². The maximum atomic E-state index is 12.0. The molecule has 53 heavy (non-hydrogen) atoms. The zero-order chi connectivity index (χ0) is 41.8. The molecule has 3 fully saturated rings. The Kier molecular flexibility index (Phi) is 19.6. The molecule has 1 amide bonds. The molecule has 0 aromatic rings. The Labute approximate surface area is 315 Å². The van der Waals surface area contributed by atoms with E-state index in [0.717, 1.165) is 32.1 Å². The van der Waals surface area contributed by atoms with Crippen molar-refractivity contribution in [2.75, 3.05) is 0 Å². The predicted octanol–water partition coefficient (Wildman–Crippen LogP) is 6.73. The average Bonchev–Trinajstić information content (AvgIpc) is 3.74. The van der Waals surface area contributed by atoms with Crippen LogP contribution in [0.2, 0.25) is 19.6 Å². The first-order valence-corrected chi connectivity index (χ1v) is 22.4. The fraction of sp³-hybridized carbons (Fsp3) is 0.722.